The Bertz CT molecular complexity index is 623. The van der Waals surface area contributed by atoms with Crippen molar-refractivity contribution < 1.29 is 23.8 Å². The smallest absolute Gasteiger partial charge is 0.341 e. The number of anilines is 1. The standard InChI is InChI=1S/C20H29NO5/c1-4-6-13-25-17-10-9-15(14-16(17)18(22)24-3)21-19(23)20(26-5-2)11-7-8-12-20/h9-10,14H,4-8,11-13H2,1-3H3,(H,21,23). The van der Waals surface area contributed by atoms with E-state index in [0.29, 0.717) is 30.2 Å². The second-order valence-electron chi connectivity index (χ2n) is 6.49. The molecule has 0 heterocycles. The maximum atomic E-state index is 12.8. The fourth-order valence-corrected chi connectivity index (χ4v) is 3.23. The molecular weight excluding hydrogens is 334 g/mol. The van der Waals surface area contributed by atoms with Gasteiger partial charge in [-0.25, -0.2) is 4.79 Å². The van der Waals surface area contributed by atoms with E-state index in [1.54, 1.807) is 18.2 Å². The molecule has 6 nitrogen and oxygen atoms in total. The molecule has 1 N–H and O–H groups in total. The molecule has 0 spiro atoms. The molecule has 0 bridgehead atoms. The molecule has 0 saturated heterocycles. The molecule has 6 heteroatoms. The van der Waals surface area contributed by atoms with Crippen LogP contribution >= 0.6 is 0 Å². The summed E-state index contributed by atoms with van der Waals surface area (Å²) < 4.78 is 16.3. The van der Waals surface area contributed by atoms with Gasteiger partial charge in [-0.3, -0.25) is 4.79 Å². The van der Waals surface area contributed by atoms with E-state index >= 15 is 0 Å². The van der Waals surface area contributed by atoms with Crippen LogP contribution in [0.2, 0.25) is 0 Å². The number of carbonyl (C=O) groups is 2. The largest absolute Gasteiger partial charge is 0.493 e. The fourth-order valence-electron chi connectivity index (χ4n) is 3.23. The first-order chi connectivity index (χ1) is 12.6. The Morgan fingerprint density at radius 3 is 2.54 bits per heavy atom. The Labute approximate surface area is 155 Å². The fraction of sp³-hybridized carbons (Fsp3) is 0.600. The van der Waals surface area contributed by atoms with E-state index in [1.807, 2.05) is 6.92 Å². The molecular formula is C20H29NO5. The third-order valence-corrected chi connectivity index (χ3v) is 4.64. The quantitative estimate of drug-likeness (QED) is 0.531. The Morgan fingerprint density at radius 2 is 1.92 bits per heavy atom. The predicted octanol–water partition coefficient (Wildman–Crippen LogP) is 3.94. The summed E-state index contributed by atoms with van der Waals surface area (Å²) in [7, 11) is 1.33. The lowest BCUT2D eigenvalue weighted by molar-refractivity contribution is -0.140. The monoisotopic (exact) mass is 363 g/mol. The van der Waals surface area contributed by atoms with Gasteiger partial charge in [0.15, 0.2) is 0 Å². The van der Waals surface area contributed by atoms with Crippen LogP contribution in [0.5, 0.6) is 5.75 Å². The number of hydrogen-bond acceptors (Lipinski definition) is 5. The summed E-state index contributed by atoms with van der Waals surface area (Å²) in [5.74, 6) is -0.191. The molecule has 1 aliphatic rings. The predicted molar refractivity (Wildman–Crippen MR) is 99.6 cm³/mol. The molecule has 1 aliphatic carbocycles. The molecule has 1 fully saturated rings. The van der Waals surface area contributed by atoms with E-state index in [9.17, 15) is 9.59 Å². The number of hydrogen-bond donors (Lipinski definition) is 1. The van der Waals surface area contributed by atoms with Crippen LogP contribution in [0.1, 0.15) is 62.7 Å². The third-order valence-electron chi connectivity index (χ3n) is 4.64. The SMILES string of the molecule is CCCCOc1ccc(NC(=O)C2(OCC)CCCC2)cc1C(=O)OC. The van der Waals surface area contributed by atoms with Crippen LogP contribution in [0.15, 0.2) is 18.2 Å². The summed E-state index contributed by atoms with van der Waals surface area (Å²) in [5.41, 5.74) is 0.0683. The number of unbranched alkanes of at least 4 members (excludes halogenated alkanes) is 1. The van der Waals surface area contributed by atoms with Crippen molar-refractivity contribution in [3.05, 3.63) is 23.8 Å². The summed E-state index contributed by atoms with van der Waals surface area (Å²) in [5, 5.41) is 2.90. The van der Waals surface area contributed by atoms with Gasteiger partial charge >= 0.3 is 5.97 Å². The Balaban J connectivity index is 2.18. The van der Waals surface area contributed by atoms with Gasteiger partial charge in [-0.05, 0) is 57.2 Å². The first-order valence-electron chi connectivity index (χ1n) is 9.37. The topological polar surface area (TPSA) is 73.9 Å². The van der Waals surface area contributed by atoms with Crippen LogP contribution in [0.25, 0.3) is 0 Å². The van der Waals surface area contributed by atoms with Gasteiger partial charge in [-0.1, -0.05) is 13.3 Å². The highest BCUT2D eigenvalue weighted by atomic mass is 16.5. The maximum Gasteiger partial charge on any atom is 0.341 e. The number of rotatable bonds is 9. The third kappa shape index (κ3) is 4.75. The van der Waals surface area contributed by atoms with Gasteiger partial charge in [0, 0.05) is 12.3 Å². The molecule has 1 aromatic rings. The molecule has 1 aromatic carbocycles. The van der Waals surface area contributed by atoms with Crippen molar-refractivity contribution in [2.24, 2.45) is 0 Å². The van der Waals surface area contributed by atoms with Gasteiger partial charge in [0.05, 0.1) is 13.7 Å². The van der Waals surface area contributed by atoms with Crippen LogP contribution in [0.4, 0.5) is 5.69 Å². The first kappa shape index (κ1) is 20.2. The van der Waals surface area contributed by atoms with Gasteiger partial charge in [0.2, 0.25) is 0 Å². The molecule has 0 radical (unpaired) electrons. The molecule has 0 unspecified atom stereocenters. The molecule has 26 heavy (non-hydrogen) atoms. The van der Waals surface area contributed by atoms with Crippen molar-refractivity contribution in [2.75, 3.05) is 25.6 Å². The lowest BCUT2D eigenvalue weighted by Crippen LogP contribution is -2.43. The van der Waals surface area contributed by atoms with Crippen LogP contribution in [-0.2, 0) is 14.3 Å². The highest BCUT2D eigenvalue weighted by Crippen LogP contribution is 2.35. The van der Waals surface area contributed by atoms with Crippen LogP contribution in [-0.4, -0.2) is 37.8 Å². The minimum Gasteiger partial charge on any atom is -0.493 e. The number of methoxy groups -OCH3 is 1. The summed E-state index contributed by atoms with van der Waals surface area (Å²) in [6, 6.07) is 5.03. The van der Waals surface area contributed by atoms with E-state index in [-0.39, 0.29) is 5.91 Å². The van der Waals surface area contributed by atoms with E-state index in [0.717, 1.165) is 38.5 Å². The van der Waals surface area contributed by atoms with Gasteiger partial charge < -0.3 is 19.5 Å². The number of esters is 1. The molecule has 144 valence electrons. The number of benzene rings is 1. The molecule has 0 atom stereocenters. The first-order valence-corrected chi connectivity index (χ1v) is 9.37. The van der Waals surface area contributed by atoms with Crippen LogP contribution in [0.3, 0.4) is 0 Å². The molecule has 1 amide bonds. The van der Waals surface area contributed by atoms with Gasteiger partial charge in [0.25, 0.3) is 5.91 Å². The number of nitrogens with one attached hydrogen (secondary N) is 1. The Hall–Kier alpha value is -2.08. The van der Waals surface area contributed by atoms with E-state index in [1.165, 1.54) is 7.11 Å². The summed E-state index contributed by atoms with van der Waals surface area (Å²) >= 11 is 0. The molecule has 1 saturated carbocycles. The van der Waals surface area contributed by atoms with Crippen molar-refractivity contribution in [3.8, 4) is 5.75 Å². The zero-order valence-electron chi connectivity index (χ0n) is 15.9. The van der Waals surface area contributed by atoms with Gasteiger partial charge in [0.1, 0.15) is 16.9 Å². The van der Waals surface area contributed by atoms with E-state index in [2.05, 4.69) is 12.2 Å². The zero-order valence-corrected chi connectivity index (χ0v) is 15.9. The lowest BCUT2D eigenvalue weighted by atomic mass is 10.0. The van der Waals surface area contributed by atoms with Gasteiger partial charge in [-0.2, -0.15) is 0 Å². The average Bonchev–Trinajstić information content (AvgIpc) is 3.12. The minimum absolute atomic E-state index is 0.160. The normalized spacial score (nSPS) is 15.5. The summed E-state index contributed by atoms with van der Waals surface area (Å²) in [6.45, 7) is 4.98. The maximum absolute atomic E-state index is 12.8. The van der Waals surface area contributed by atoms with Crippen molar-refractivity contribution >= 4 is 17.6 Å². The summed E-state index contributed by atoms with van der Waals surface area (Å²) in [4.78, 5) is 24.9. The van der Waals surface area contributed by atoms with Crippen molar-refractivity contribution in [2.45, 2.75) is 58.0 Å². The number of ether oxygens (including phenoxy) is 3. The van der Waals surface area contributed by atoms with Crippen molar-refractivity contribution in [3.63, 3.8) is 0 Å². The molecule has 0 aromatic heterocycles. The lowest BCUT2D eigenvalue weighted by Gasteiger charge is -2.27. The zero-order chi connectivity index (χ0) is 19.0. The van der Waals surface area contributed by atoms with E-state index < -0.39 is 11.6 Å². The van der Waals surface area contributed by atoms with Gasteiger partial charge in [-0.15, -0.1) is 0 Å². The van der Waals surface area contributed by atoms with Crippen LogP contribution < -0.4 is 10.1 Å². The summed E-state index contributed by atoms with van der Waals surface area (Å²) in [6.07, 6.45) is 5.29. The van der Waals surface area contributed by atoms with Crippen molar-refractivity contribution in [1.29, 1.82) is 0 Å². The highest BCUT2D eigenvalue weighted by molar-refractivity contribution is 5.99. The van der Waals surface area contributed by atoms with Crippen molar-refractivity contribution in [1.82, 2.24) is 0 Å². The molecule has 2 rings (SSSR count). The highest BCUT2D eigenvalue weighted by Gasteiger charge is 2.42. The number of amides is 1. The average molecular weight is 363 g/mol. The second kappa shape index (κ2) is 9.57. The Kier molecular flexibility index (Phi) is 7.45. The second-order valence-corrected chi connectivity index (χ2v) is 6.49. The number of carbonyl (C=O) groups excluding carboxylic acids is 2. The molecule has 0 aliphatic heterocycles. The minimum atomic E-state index is -0.767. The van der Waals surface area contributed by atoms with E-state index in [4.69, 9.17) is 14.2 Å². The Morgan fingerprint density at radius 1 is 1.19 bits per heavy atom. The van der Waals surface area contributed by atoms with Crippen LogP contribution in [0, 0.1) is 0 Å².